The lowest BCUT2D eigenvalue weighted by Gasteiger charge is -2.37. The number of rotatable bonds is 3. The highest BCUT2D eigenvalue weighted by molar-refractivity contribution is 5.73. The molecule has 1 N–H and O–H groups in total. The van der Waals surface area contributed by atoms with Gasteiger partial charge in [0, 0.05) is 32.5 Å². The van der Waals surface area contributed by atoms with Gasteiger partial charge in [0.15, 0.2) is 5.65 Å². The van der Waals surface area contributed by atoms with Crippen LogP contribution in [0.25, 0.3) is 5.65 Å². The van der Waals surface area contributed by atoms with E-state index in [2.05, 4.69) is 28.2 Å². The van der Waals surface area contributed by atoms with Gasteiger partial charge in [0.25, 0.3) is 5.56 Å². The third-order valence-corrected chi connectivity index (χ3v) is 7.07. The molecule has 3 aliphatic rings. The Morgan fingerprint density at radius 2 is 2.13 bits per heavy atom. The van der Waals surface area contributed by atoms with Crippen molar-refractivity contribution in [2.75, 3.05) is 19.6 Å². The van der Waals surface area contributed by atoms with Crippen molar-refractivity contribution in [1.29, 1.82) is 0 Å². The second kappa shape index (κ2) is 8.02. The Morgan fingerprint density at radius 1 is 1.23 bits per heavy atom. The molecule has 0 radical (unpaired) electrons. The first kappa shape index (κ1) is 19.5. The molecule has 0 aromatic carbocycles. The smallest absolute Gasteiger partial charge is 0.277 e. The van der Waals surface area contributed by atoms with Gasteiger partial charge in [-0.25, -0.2) is 9.50 Å². The summed E-state index contributed by atoms with van der Waals surface area (Å²) in [5.74, 6) is 0.735. The van der Waals surface area contributed by atoms with Crippen molar-refractivity contribution < 1.29 is 4.79 Å². The van der Waals surface area contributed by atoms with E-state index in [4.69, 9.17) is 4.98 Å². The predicted octanol–water partition coefficient (Wildman–Crippen LogP) is 2.81. The maximum Gasteiger partial charge on any atom is 0.277 e. The minimum Gasteiger partial charge on any atom is -0.338 e. The van der Waals surface area contributed by atoms with Crippen molar-refractivity contribution in [2.24, 2.45) is 5.92 Å². The second-order valence-electron chi connectivity index (χ2n) is 9.09. The Balaban J connectivity index is 1.45. The first-order valence-corrected chi connectivity index (χ1v) is 11.4. The number of aromatic nitrogens is 3. The first-order chi connectivity index (χ1) is 14.6. The fourth-order valence-electron chi connectivity index (χ4n) is 5.35. The van der Waals surface area contributed by atoms with Crippen molar-refractivity contribution in [2.45, 2.75) is 64.5 Å². The zero-order valence-electron chi connectivity index (χ0n) is 17.8. The van der Waals surface area contributed by atoms with Crippen LogP contribution in [0.3, 0.4) is 0 Å². The minimum atomic E-state index is -0.0630. The number of aromatic amines is 1. The second-order valence-corrected chi connectivity index (χ2v) is 9.09. The third kappa shape index (κ3) is 3.60. The van der Waals surface area contributed by atoms with E-state index in [1.54, 1.807) is 16.3 Å². The molecular formula is C23H31N5O2. The van der Waals surface area contributed by atoms with E-state index >= 15 is 0 Å². The average Bonchev–Trinajstić information content (AvgIpc) is 3.19. The molecule has 1 amide bonds. The van der Waals surface area contributed by atoms with Gasteiger partial charge in [-0.05, 0) is 44.6 Å². The lowest BCUT2D eigenvalue weighted by molar-refractivity contribution is -0.129. The molecule has 160 valence electrons. The van der Waals surface area contributed by atoms with E-state index in [0.717, 1.165) is 36.8 Å². The quantitative estimate of drug-likeness (QED) is 0.791. The van der Waals surface area contributed by atoms with Crippen LogP contribution in [0.2, 0.25) is 0 Å². The summed E-state index contributed by atoms with van der Waals surface area (Å²) >= 11 is 0. The summed E-state index contributed by atoms with van der Waals surface area (Å²) in [6, 6.07) is 2.39. The summed E-state index contributed by atoms with van der Waals surface area (Å²) in [5, 5.41) is 3.38. The number of carbonyl (C=O) groups excluding carboxylic acids is 1. The number of nitrogens with one attached hydrogen (secondary N) is 1. The highest BCUT2D eigenvalue weighted by atomic mass is 16.2. The average molecular weight is 410 g/mol. The number of hydrogen-bond acceptors (Lipinski definition) is 4. The molecule has 2 atom stereocenters. The SMILES string of the molecule is CC(=O)N1CCc2nc3cc([C@@H]4CCCCN4C[C@@H]4CC=CCC4)[nH]n3c(=O)c2C1. The minimum absolute atomic E-state index is 0.00715. The van der Waals surface area contributed by atoms with E-state index in [-0.39, 0.29) is 11.5 Å². The van der Waals surface area contributed by atoms with Gasteiger partial charge in [-0.2, -0.15) is 0 Å². The van der Waals surface area contributed by atoms with E-state index in [1.807, 2.05) is 0 Å². The van der Waals surface area contributed by atoms with Crippen LogP contribution in [0.4, 0.5) is 0 Å². The molecule has 0 bridgehead atoms. The van der Waals surface area contributed by atoms with Gasteiger partial charge in [0.1, 0.15) is 0 Å². The van der Waals surface area contributed by atoms with Crippen LogP contribution in [0, 0.1) is 5.92 Å². The number of fused-ring (bicyclic) bond motifs is 2. The van der Waals surface area contributed by atoms with Crippen LogP contribution in [0.5, 0.6) is 0 Å². The third-order valence-electron chi connectivity index (χ3n) is 7.07. The van der Waals surface area contributed by atoms with Crippen LogP contribution in [-0.2, 0) is 17.8 Å². The van der Waals surface area contributed by atoms with Crippen molar-refractivity contribution in [3.8, 4) is 0 Å². The fraction of sp³-hybridized carbons (Fsp3) is 0.609. The summed E-state index contributed by atoms with van der Waals surface area (Å²) in [4.78, 5) is 34.1. The standard InChI is InChI=1S/C23H31N5O2/c1-16(29)26-12-10-19-18(15-26)23(30)28-22(24-19)13-20(25-28)21-9-5-6-11-27(21)14-17-7-3-2-4-8-17/h2-3,13,17,21,25H,4-12,14-15H2,1H3/t17-,21+/m1/s1. The number of nitrogens with zero attached hydrogens (tertiary/aromatic N) is 4. The number of H-pyrrole nitrogens is 1. The fourth-order valence-corrected chi connectivity index (χ4v) is 5.35. The number of piperidine rings is 1. The van der Waals surface area contributed by atoms with E-state index in [0.29, 0.717) is 36.8 Å². The Bertz CT molecular complexity index is 1040. The van der Waals surface area contributed by atoms with E-state index in [1.165, 1.54) is 32.1 Å². The van der Waals surface area contributed by atoms with Crippen LogP contribution in [0.1, 0.15) is 68.4 Å². The lowest BCUT2D eigenvalue weighted by Crippen LogP contribution is -2.39. The molecule has 0 saturated carbocycles. The summed E-state index contributed by atoms with van der Waals surface area (Å²) in [6.45, 7) is 4.79. The highest BCUT2D eigenvalue weighted by Gasteiger charge is 2.29. The summed E-state index contributed by atoms with van der Waals surface area (Å²) in [5.41, 5.74) is 3.23. The van der Waals surface area contributed by atoms with Gasteiger partial charge in [-0.1, -0.05) is 18.6 Å². The molecule has 1 fully saturated rings. The van der Waals surface area contributed by atoms with Gasteiger partial charge < -0.3 is 4.90 Å². The molecule has 0 spiro atoms. The van der Waals surface area contributed by atoms with Gasteiger partial charge in [0.2, 0.25) is 5.91 Å². The summed E-state index contributed by atoms with van der Waals surface area (Å²) in [6.07, 6.45) is 12.5. The molecule has 2 aliphatic heterocycles. The van der Waals surface area contributed by atoms with Crippen LogP contribution in [-0.4, -0.2) is 49.9 Å². The summed E-state index contributed by atoms with van der Waals surface area (Å²) in [7, 11) is 0. The van der Waals surface area contributed by atoms with Crippen LogP contribution < -0.4 is 5.56 Å². The summed E-state index contributed by atoms with van der Waals surface area (Å²) < 4.78 is 1.59. The van der Waals surface area contributed by atoms with Gasteiger partial charge in [0.05, 0.1) is 29.5 Å². The molecule has 1 aliphatic carbocycles. The molecule has 1 saturated heterocycles. The van der Waals surface area contributed by atoms with Crippen molar-refractivity contribution in [1.82, 2.24) is 24.4 Å². The van der Waals surface area contributed by atoms with Crippen molar-refractivity contribution >= 4 is 11.6 Å². The maximum absolute atomic E-state index is 13.2. The molecule has 7 heteroatoms. The number of carbonyl (C=O) groups is 1. The zero-order valence-corrected chi connectivity index (χ0v) is 17.8. The maximum atomic E-state index is 13.2. The van der Waals surface area contributed by atoms with Crippen molar-refractivity contribution in [3.05, 3.63) is 45.5 Å². The normalized spacial score (nSPS) is 24.9. The zero-order chi connectivity index (χ0) is 20.7. The van der Waals surface area contributed by atoms with E-state index in [9.17, 15) is 9.59 Å². The Kier molecular flexibility index (Phi) is 5.23. The van der Waals surface area contributed by atoms with Gasteiger partial charge in [-0.15, -0.1) is 0 Å². The Labute approximate surface area is 176 Å². The lowest BCUT2D eigenvalue weighted by atomic mass is 9.91. The van der Waals surface area contributed by atoms with Gasteiger partial charge >= 0.3 is 0 Å². The monoisotopic (exact) mass is 409 g/mol. The molecule has 2 aromatic heterocycles. The number of amides is 1. The first-order valence-electron chi connectivity index (χ1n) is 11.4. The predicted molar refractivity (Wildman–Crippen MR) is 115 cm³/mol. The Morgan fingerprint density at radius 3 is 2.93 bits per heavy atom. The molecular weight excluding hydrogens is 378 g/mol. The van der Waals surface area contributed by atoms with Crippen LogP contribution >= 0.6 is 0 Å². The Hall–Kier alpha value is -2.41. The van der Waals surface area contributed by atoms with Crippen molar-refractivity contribution in [3.63, 3.8) is 0 Å². The van der Waals surface area contributed by atoms with E-state index < -0.39 is 0 Å². The number of hydrogen-bond donors (Lipinski definition) is 1. The number of likely N-dealkylation sites (tertiary alicyclic amines) is 1. The number of allylic oxidation sites excluding steroid dienone is 2. The highest BCUT2D eigenvalue weighted by Crippen LogP contribution is 2.33. The molecule has 2 aromatic rings. The molecule has 5 rings (SSSR count). The molecule has 30 heavy (non-hydrogen) atoms. The van der Waals surface area contributed by atoms with Crippen LogP contribution in [0.15, 0.2) is 23.0 Å². The molecule has 0 unspecified atom stereocenters. The molecule has 4 heterocycles. The topological polar surface area (TPSA) is 73.7 Å². The van der Waals surface area contributed by atoms with Gasteiger partial charge in [-0.3, -0.25) is 19.6 Å². The largest absolute Gasteiger partial charge is 0.338 e. The molecule has 7 nitrogen and oxygen atoms in total.